The van der Waals surface area contributed by atoms with Crippen LogP contribution >= 0.6 is 0 Å². The minimum atomic E-state index is 0.196. The minimum absolute atomic E-state index is 0.196. The lowest BCUT2D eigenvalue weighted by molar-refractivity contribution is 0.319. The molecule has 0 bridgehead atoms. The number of fused-ring (bicyclic) bond motifs is 2. The van der Waals surface area contributed by atoms with Crippen LogP contribution in [0.1, 0.15) is 0 Å². The van der Waals surface area contributed by atoms with Crippen LogP contribution in [0.4, 0.5) is 0 Å². The van der Waals surface area contributed by atoms with E-state index in [4.69, 9.17) is 0 Å². The molecule has 0 amide bonds. The lowest BCUT2D eigenvalue weighted by Gasteiger charge is -2.31. The molecular formula is C11H12N4. The Morgan fingerprint density at radius 2 is 2.00 bits per heavy atom. The van der Waals surface area contributed by atoms with Crippen molar-refractivity contribution in [2.24, 2.45) is 0 Å². The van der Waals surface area contributed by atoms with Crippen molar-refractivity contribution in [1.29, 1.82) is 0 Å². The van der Waals surface area contributed by atoms with Crippen LogP contribution < -0.4 is 21.9 Å². The second kappa shape index (κ2) is 3.51. The van der Waals surface area contributed by atoms with Gasteiger partial charge in [-0.05, 0) is 5.57 Å². The third kappa shape index (κ3) is 1.45. The van der Waals surface area contributed by atoms with Crippen molar-refractivity contribution >= 4 is 0 Å². The highest BCUT2D eigenvalue weighted by Gasteiger charge is 2.22. The third-order valence-electron chi connectivity index (χ3n) is 2.63. The molecule has 0 aromatic heterocycles. The van der Waals surface area contributed by atoms with Gasteiger partial charge in [-0.3, -0.25) is 0 Å². The van der Waals surface area contributed by atoms with E-state index >= 15 is 0 Å². The zero-order valence-corrected chi connectivity index (χ0v) is 8.12. The molecule has 0 saturated carbocycles. The van der Waals surface area contributed by atoms with Gasteiger partial charge in [-0.1, -0.05) is 42.5 Å². The molecule has 4 heteroatoms. The van der Waals surface area contributed by atoms with Crippen LogP contribution in [0, 0.1) is 0 Å². The first-order valence-electron chi connectivity index (χ1n) is 4.94. The third-order valence-corrected chi connectivity index (χ3v) is 2.63. The smallest absolute Gasteiger partial charge is 0.0826 e. The van der Waals surface area contributed by atoms with Gasteiger partial charge in [-0.2, -0.15) is 11.1 Å². The fraction of sp³-hybridized carbons (Fsp3) is 0.0909. The van der Waals surface area contributed by atoms with E-state index in [9.17, 15) is 0 Å². The molecule has 2 aliphatic carbocycles. The van der Waals surface area contributed by atoms with Crippen LogP contribution in [0.3, 0.4) is 0 Å². The lowest BCUT2D eigenvalue weighted by Crippen LogP contribution is -2.62. The summed E-state index contributed by atoms with van der Waals surface area (Å²) in [6.07, 6.45) is 14.6. The second-order valence-corrected chi connectivity index (χ2v) is 3.55. The highest BCUT2D eigenvalue weighted by molar-refractivity contribution is 5.57. The molecule has 1 saturated heterocycles. The molecule has 1 atom stereocenters. The van der Waals surface area contributed by atoms with Crippen molar-refractivity contribution in [3.63, 3.8) is 0 Å². The average molecular weight is 200 g/mol. The summed E-state index contributed by atoms with van der Waals surface area (Å²) < 4.78 is 0. The zero-order chi connectivity index (χ0) is 10.1. The van der Waals surface area contributed by atoms with E-state index in [1.54, 1.807) is 0 Å². The van der Waals surface area contributed by atoms with Crippen molar-refractivity contribution in [3.05, 3.63) is 59.4 Å². The fourth-order valence-electron chi connectivity index (χ4n) is 1.89. The van der Waals surface area contributed by atoms with Crippen LogP contribution in [0.2, 0.25) is 0 Å². The summed E-state index contributed by atoms with van der Waals surface area (Å²) in [6, 6.07) is 0.196. The molecule has 0 aromatic carbocycles. The van der Waals surface area contributed by atoms with Gasteiger partial charge in [0.15, 0.2) is 0 Å². The quantitative estimate of drug-likeness (QED) is 0.456. The van der Waals surface area contributed by atoms with E-state index in [1.165, 1.54) is 11.1 Å². The predicted molar refractivity (Wildman–Crippen MR) is 58.9 cm³/mol. The van der Waals surface area contributed by atoms with Crippen molar-refractivity contribution in [2.45, 2.75) is 6.04 Å². The van der Waals surface area contributed by atoms with Crippen molar-refractivity contribution < 1.29 is 0 Å². The Bertz CT molecular complexity index is 426. The molecule has 15 heavy (non-hydrogen) atoms. The normalized spacial score (nSPS) is 27.7. The van der Waals surface area contributed by atoms with Crippen molar-refractivity contribution in [2.75, 3.05) is 0 Å². The summed E-state index contributed by atoms with van der Waals surface area (Å²) in [6.45, 7) is 0. The monoisotopic (exact) mass is 200 g/mol. The van der Waals surface area contributed by atoms with Crippen LogP contribution in [-0.2, 0) is 0 Å². The van der Waals surface area contributed by atoms with E-state index in [0.717, 1.165) is 5.70 Å². The van der Waals surface area contributed by atoms with Crippen molar-refractivity contribution in [3.8, 4) is 0 Å². The molecule has 4 N–H and O–H groups in total. The first-order chi connectivity index (χ1) is 7.45. The molecule has 1 fully saturated rings. The Hall–Kier alpha value is -1.62. The highest BCUT2D eigenvalue weighted by atomic mass is 15.8. The van der Waals surface area contributed by atoms with E-state index in [1.807, 2.05) is 18.2 Å². The topological polar surface area (TPSA) is 48.1 Å². The molecule has 4 nitrogen and oxygen atoms in total. The standard InChI is InChI=1S/C11H12N4/c1-2-4-8-6-7-10-11(9(8)5-3-1)13-15-14-12-10/h1-7,10,12-15H. The largest absolute Gasteiger partial charge is 0.309 e. The Kier molecular flexibility index (Phi) is 2.03. The maximum absolute atomic E-state index is 3.13. The maximum Gasteiger partial charge on any atom is 0.0826 e. The van der Waals surface area contributed by atoms with Gasteiger partial charge >= 0.3 is 0 Å². The van der Waals surface area contributed by atoms with Crippen LogP contribution in [0.15, 0.2) is 59.4 Å². The number of hydrogen-bond acceptors (Lipinski definition) is 4. The predicted octanol–water partition coefficient (Wildman–Crippen LogP) is 0.348. The SMILES string of the molecule is C1=CC=C2C=CC3NNNNC3=C2C=C1. The van der Waals surface area contributed by atoms with Gasteiger partial charge in [0.25, 0.3) is 0 Å². The lowest BCUT2D eigenvalue weighted by atomic mass is 9.94. The Morgan fingerprint density at radius 1 is 1.00 bits per heavy atom. The number of rotatable bonds is 0. The average Bonchev–Trinajstić information content (AvgIpc) is 2.54. The van der Waals surface area contributed by atoms with E-state index in [2.05, 4.69) is 46.2 Å². The van der Waals surface area contributed by atoms with Gasteiger partial charge in [0, 0.05) is 5.57 Å². The summed E-state index contributed by atoms with van der Waals surface area (Å²) in [7, 11) is 0. The Morgan fingerprint density at radius 3 is 3.00 bits per heavy atom. The van der Waals surface area contributed by atoms with E-state index < -0.39 is 0 Å². The van der Waals surface area contributed by atoms with Crippen molar-refractivity contribution in [1.82, 2.24) is 21.9 Å². The van der Waals surface area contributed by atoms with Gasteiger partial charge in [-0.25, -0.2) is 5.43 Å². The summed E-state index contributed by atoms with van der Waals surface area (Å²) >= 11 is 0. The van der Waals surface area contributed by atoms with Gasteiger partial charge < -0.3 is 5.43 Å². The molecule has 0 aromatic rings. The number of allylic oxidation sites excluding steroid dienone is 8. The first kappa shape index (κ1) is 8.67. The molecule has 76 valence electrons. The highest BCUT2D eigenvalue weighted by Crippen LogP contribution is 2.25. The second-order valence-electron chi connectivity index (χ2n) is 3.55. The minimum Gasteiger partial charge on any atom is -0.309 e. The number of nitrogens with one attached hydrogen (secondary N) is 4. The van der Waals surface area contributed by atoms with Gasteiger partial charge in [0.1, 0.15) is 0 Å². The first-order valence-corrected chi connectivity index (χ1v) is 4.94. The number of hydrazine groups is 3. The summed E-state index contributed by atoms with van der Waals surface area (Å²) in [5.41, 5.74) is 15.5. The summed E-state index contributed by atoms with van der Waals surface area (Å²) in [5.74, 6) is 0. The molecular weight excluding hydrogens is 188 g/mol. The van der Waals surface area contributed by atoms with Gasteiger partial charge in [0.05, 0.1) is 11.7 Å². The molecule has 3 aliphatic rings. The van der Waals surface area contributed by atoms with Gasteiger partial charge in [-0.15, -0.1) is 0 Å². The van der Waals surface area contributed by atoms with Crippen LogP contribution in [0.25, 0.3) is 0 Å². The van der Waals surface area contributed by atoms with Crippen LogP contribution in [0.5, 0.6) is 0 Å². The summed E-state index contributed by atoms with van der Waals surface area (Å²) in [5, 5.41) is 0. The maximum atomic E-state index is 3.13. The molecule has 1 aliphatic heterocycles. The molecule has 0 radical (unpaired) electrons. The summed E-state index contributed by atoms with van der Waals surface area (Å²) in [4.78, 5) is 0. The van der Waals surface area contributed by atoms with Crippen LogP contribution in [-0.4, -0.2) is 6.04 Å². The molecule has 1 unspecified atom stereocenters. The molecule has 0 spiro atoms. The Balaban J connectivity index is 2.09. The molecule has 1 heterocycles. The fourth-order valence-corrected chi connectivity index (χ4v) is 1.89. The van der Waals surface area contributed by atoms with E-state index in [-0.39, 0.29) is 6.04 Å². The van der Waals surface area contributed by atoms with E-state index in [0.29, 0.717) is 0 Å². The Labute approximate surface area is 88.0 Å². The number of hydrogen-bond donors (Lipinski definition) is 4. The molecule has 3 rings (SSSR count). The van der Waals surface area contributed by atoms with Gasteiger partial charge in [0.2, 0.25) is 0 Å². The zero-order valence-electron chi connectivity index (χ0n) is 8.12.